The lowest BCUT2D eigenvalue weighted by atomic mass is 9.91. The Kier molecular flexibility index (Phi) is 4.24. The summed E-state index contributed by atoms with van der Waals surface area (Å²) in [6.07, 6.45) is -0.282. The van der Waals surface area contributed by atoms with Crippen molar-refractivity contribution < 1.29 is 4.74 Å². The van der Waals surface area contributed by atoms with Gasteiger partial charge >= 0.3 is 0 Å². The van der Waals surface area contributed by atoms with Gasteiger partial charge in [-0.15, -0.1) is 0 Å². The van der Waals surface area contributed by atoms with E-state index < -0.39 is 5.60 Å². The maximum Gasteiger partial charge on any atom is 0.119 e. The van der Waals surface area contributed by atoms with Crippen LogP contribution in [0.3, 0.4) is 0 Å². The Balaban J connectivity index is 1.99. The lowest BCUT2D eigenvalue weighted by Crippen LogP contribution is -2.53. The second-order valence-corrected chi connectivity index (χ2v) is 6.55. The normalized spacial score (nSPS) is 25.2. The Hall–Kier alpha value is -1.39. The number of hydrogen-bond donors (Lipinski definition) is 2. The molecule has 3 rings (SSSR count). The van der Waals surface area contributed by atoms with E-state index in [4.69, 9.17) is 22.1 Å². The molecule has 0 aliphatic carbocycles. The summed E-state index contributed by atoms with van der Waals surface area (Å²) in [5.41, 5.74) is 10.0. The highest BCUT2D eigenvalue weighted by Gasteiger charge is 2.33. The number of nitrogens with two attached hydrogens (primary N) is 1. The average molecular weight is 317 g/mol. The molecule has 0 bridgehead atoms. The van der Waals surface area contributed by atoms with E-state index in [1.54, 1.807) is 0 Å². The molecule has 0 amide bonds. The maximum absolute atomic E-state index is 6.18. The summed E-state index contributed by atoms with van der Waals surface area (Å²) < 4.78 is 5.99. The van der Waals surface area contributed by atoms with Crippen LogP contribution in [0.5, 0.6) is 0 Å². The number of benzene rings is 2. The smallest absolute Gasteiger partial charge is 0.119 e. The predicted octanol–water partition coefficient (Wildman–Crippen LogP) is 3.44. The third-order valence-electron chi connectivity index (χ3n) is 4.07. The molecule has 2 unspecified atom stereocenters. The van der Waals surface area contributed by atoms with E-state index in [1.165, 1.54) is 0 Å². The minimum absolute atomic E-state index is 0.282. The number of hydrogen-bond acceptors (Lipinski definition) is 3. The number of ether oxygens (including phenoxy) is 1. The Morgan fingerprint density at radius 1 is 1.23 bits per heavy atom. The Morgan fingerprint density at radius 3 is 2.77 bits per heavy atom. The number of rotatable bonds is 2. The highest BCUT2D eigenvalue weighted by atomic mass is 35.5. The van der Waals surface area contributed by atoms with Gasteiger partial charge in [0.1, 0.15) is 11.8 Å². The summed E-state index contributed by atoms with van der Waals surface area (Å²) in [5.74, 6) is 0. The predicted molar refractivity (Wildman–Crippen MR) is 90.9 cm³/mol. The molecule has 0 aromatic heterocycles. The first-order chi connectivity index (χ1) is 10.5. The lowest BCUT2D eigenvalue weighted by molar-refractivity contribution is -0.107. The van der Waals surface area contributed by atoms with Crippen LogP contribution in [0.25, 0.3) is 11.1 Å². The third kappa shape index (κ3) is 3.18. The Morgan fingerprint density at radius 2 is 2.05 bits per heavy atom. The number of nitrogens with one attached hydrogen (secondary N) is 1. The zero-order valence-corrected chi connectivity index (χ0v) is 13.7. The molecule has 2 atom stereocenters. The molecule has 2 aromatic carbocycles. The van der Waals surface area contributed by atoms with Crippen LogP contribution in [0, 0.1) is 6.92 Å². The fourth-order valence-electron chi connectivity index (χ4n) is 2.97. The van der Waals surface area contributed by atoms with Crippen LogP contribution in [0.2, 0.25) is 5.02 Å². The molecule has 1 heterocycles. The molecule has 22 heavy (non-hydrogen) atoms. The highest BCUT2D eigenvalue weighted by molar-refractivity contribution is 6.30. The summed E-state index contributed by atoms with van der Waals surface area (Å²) >= 11 is 6.18. The van der Waals surface area contributed by atoms with Crippen molar-refractivity contribution in [2.24, 2.45) is 5.73 Å². The molecular formula is C18H21ClN2O. The molecule has 3 N–H and O–H groups in total. The summed E-state index contributed by atoms with van der Waals surface area (Å²) in [5, 5.41) is 4.08. The van der Waals surface area contributed by atoms with Gasteiger partial charge in [-0.05, 0) is 54.3 Å². The molecule has 1 aliphatic heterocycles. The molecule has 2 aromatic rings. The molecule has 1 saturated heterocycles. The maximum atomic E-state index is 6.18. The van der Waals surface area contributed by atoms with Crippen molar-refractivity contribution in [1.29, 1.82) is 0 Å². The van der Waals surface area contributed by atoms with Crippen molar-refractivity contribution in [2.45, 2.75) is 25.7 Å². The van der Waals surface area contributed by atoms with Crippen LogP contribution < -0.4 is 11.1 Å². The zero-order valence-electron chi connectivity index (χ0n) is 12.9. The highest BCUT2D eigenvalue weighted by Crippen LogP contribution is 2.32. The van der Waals surface area contributed by atoms with Crippen molar-refractivity contribution in [3.05, 3.63) is 58.6 Å². The van der Waals surface area contributed by atoms with Crippen molar-refractivity contribution in [1.82, 2.24) is 5.32 Å². The van der Waals surface area contributed by atoms with Gasteiger partial charge < -0.3 is 15.8 Å². The zero-order chi connectivity index (χ0) is 15.7. The standard InChI is InChI=1S/C18H21ClN2O/c1-12-6-14(9-16(19)7-12)13-4-3-5-15(8-13)18(2)11-21-10-17(20)22-18/h3-9,17,21H,10-11,20H2,1-2H3. The number of aryl methyl sites for hydroxylation is 1. The van der Waals surface area contributed by atoms with E-state index in [0.717, 1.165) is 33.8 Å². The van der Waals surface area contributed by atoms with E-state index in [1.807, 2.05) is 19.1 Å². The average Bonchev–Trinajstić information content (AvgIpc) is 2.46. The van der Waals surface area contributed by atoms with Gasteiger partial charge in [0.05, 0.1) is 0 Å². The second-order valence-electron chi connectivity index (χ2n) is 6.12. The van der Waals surface area contributed by atoms with Crippen LogP contribution in [0.1, 0.15) is 18.1 Å². The first-order valence-corrected chi connectivity index (χ1v) is 7.86. The Labute approximate surface area is 136 Å². The van der Waals surface area contributed by atoms with Gasteiger partial charge in [-0.1, -0.05) is 35.9 Å². The van der Waals surface area contributed by atoms with Crippen LogP contribution in [0.15, 0.2) is 42.5 Å². The van der Waals surface area contributed by atoms with Crippen molar-refractivity contribution in [3.8, 4) is 11.1 Å². The second kappa shape index (κ2) is 6.01. The molecule has 0 radical (unpaired) electrons. The van der Waals surface area contributed by atoms with Crippen LogP contribution in [-0.2, 0) is 10.3 Å². The SMILES string of the molecule is Cc1cc(Cl)cc(-c2cccc(C3(C)CNCC(N)O3)c2)c1. The fourth-order valence-corrected chi connectivity index (χ4v) is 3.26. The van der Waals surface area contributed by atoms with E-state index >= 15 is 0 Å². The van der Waals surface area contributed by atoms with E-state index in [-0.39, 0.29) is 6.23 Å². The summed E-state index contributed by atoms with van der Waals surface area (Å²) in [7, 11) is 0. The first-order valence-electron chi connectivity index (χ1n) is 7.48. The minimum atomic E-state index is -0.415. The van der Waals surface area contributed by atoms with Crippen LogP contribution in [-0.4, -0.2) is 19.3 Å². The van der Waals surface area contributed by atoms with Crippen molar-refractivity contribution >= 4 is 11.6 Å². The lowest BCUT2D eigenvalue weighted by Gasteiger charge is -2.38. The third-order valence-corrected chi connectivity index (χ3v) is 4.29. The molecule has 1 fully saturated rings. The van der Waals surface area contributed by atoms with E-state index in [9.17, 15) is 0 Å². The summed E-state index contributed by atoms with van der Waals surface area (Å²) in [6.45, 7) is 5.55. The molecular weight excluding hydrogens is 296 g/mol. The minimum Gasteiger partial charge on any atom is -0.350 e. The molecule has 4 heteroatoms. The molecule has 1 aliphatic rings. The van der Waals surface area contributed by atoms with Gasteiger partial charge in [-0.3, -0.25) is 0 Å². The van der Waals surface area contributed by atoms with Gasteiger partial charge in [0.2, 0.25) is 0 Å². The summed E-state index contributed by atoms with van der Waals surface area (Å²) in [4.78, 5) is 0. The van der Waals surface area contributed by atoms with Gasteiger partial charge in [0, 0.05) is 18.1 Å². The molecule has 0 spiro atoms. The van der Waals surface area contributed by atoms with Crippen molar-refractivity contribution in [2.75, 3.05) is 13.1 Å². The van der Waals surface area contributed by atoms with Crippen LogP contribution >= 0.6 is 11.6 Å². The number of morpholine rings is 1. The quantitative estimate of drug-likeness (QED) is 0.892. The van der Waals surface area contributed by atoms with E-state index in [2.05, 4.69) is 42.6 Å². The fraction of sp³-hybridized carbons (Fsp3) is 0.333. The van der Waals surface area contributed by atoms with Gasteiger partial charge in [0.15, 0.2) is 0 Å². The molecule has 3 nitrogen and oxygen atoms in total. The first kappa shape index (κ1) is 15.5. The topological polar surface area (TPSA) is 47.3 Å². The largest absolute Gasteiger partial charge is 0.350 e. The van der Waals surface area contributed by atoms with Gasteiger partial charge in [-0.25, -0.2) is 0 Å². The molecule has 116 valence electrons. The number of halogens is 1. The van der Waals surface area contributed by atoms with Gasteiger partial charge in [-0.2, -0.15) is 0 Å². The van der Waals surface area contributed by atoms with Gasteiger partial charge in [0.25, 0.3) is 0 Å². The van der Waals surface area contributed by atoms with Crippen molar-refractivity contribution in [3.63, 3.8) is 0 Å². The van der Waals surface area contributed by atoms with Crippen LogP contribution in [0.4, 0.5) is 0 Å². The molecule has 0 saturated carbocycles. The summed E-state index contributed by atoms with van der Waals surface area (Å²) in [6, 6.07) is 14.5. The Bertz CT molecular complexity index is 668. The monoisotopic (exact) mass is 316 g/mol. The van der Waals surface area contributed by atoms with E-state index in [0.29, 0.717) is 6.54 Å².